The van der Waals surface area contributed by atoms with Crippen LogP contribution in [0.5, 0.6) is 0 Å². The fraction of sp³-hybridized carbons (Fsp3) is 0. The van der Waals surface area contributed by atoms with Gasteiger partial charge in [0.1, 0.15) is 0 Å². The highest BCUT2D eigenvalue weighted by molar-refractivity contribution is 5.94. The molecule has 72 valence electrons. The molecule has 0 atom stereocenters. The quantitative estimate of drug-likeness (QED) is 0.587. The van der Waals surface area contributed by atoms with E-state index in [0.29, 0.717) is 0 Å². The molecule has 0 radical (unpaired) electrons. The average Bonchev–Trinajstić information content (AvgIpc) is 2.61. The van der Waals surface area contributed by atoms with Gasteiger partial charge < -0.3 is 4.98 Å². The monoisotopic (exact) mass is 195 g/mol. The molecule has 1 N–H and O–H groups in total. The van der Waals surface area contributed by atoms with E-state index in [2.05, 4.69) is 4.98 Å². The van der Waals surface area contributed by atoms with E-state index in [9.17, 15) is 4.79 Å². The Hall–Kier alpha value is -2.09. The molecule has 1 aromatic heterocycles. The van der Waals surface area contributed by atoms with E-state index in [-0.39, 0.29) is 5.43 Å². The predicted octanol–water partition coefficient (Wildman–Crippen LogP) is 2.63. The van der Waals surface area contributed by atoms with Crippen molar-refractivity contribution in [1.82, 2.24) is 4.98 Å². The number of benzene rings is 1. The van der Waals surface area contributed by atoms with Crippen LogP contribution in [0.2, 0.25) is 0 Å². The van der Waals surface area contributed by atoms with Gasteiger partial charge in [0.05, 0.1) is 0 Å². The highest BCUT2D eigenvalue weighted by atomic mass is 16.1. The van der Waals surface area contributed by atoms with Crippen molar-refractivity contribution < 1.29 is 0 Å². The van der Waals surface area contributed by atoms with Crippen molar-refractivity contribution in [2.24, 2.45) is 0 Å². The Morgan fingerprint density at radius 2 is 1.93 bits per heavy atom. The molecule has 0 amide bonds. The molecule has 15 heavy (non-hydrogen) atoms. The van der Waals surface area contributed by atoms with Crippen LogP contribution in [0.4, 0.5) is 0 Å². The van der Waals surface area contributed by atoms with Crippen molar-refractivity contribution in [3.8, 4) is 11.1 Å². The third-order valence-corrected chi connectivity index (χ3v) is 2.63. The number of rotatable bonds is 0. The van der Waals surface area contributed by atoms with Gasteiger partial charge in [-0.05, 0) is 41.5 Å². The lowest BCUT2D eigenvalue weighted by atomic mass is 10.0. The number of aromatic amines is 1. The zero-order valence-electron chi connectivity index (χ0n) is 8.03. The molecule has 3 rings (SSSR count). The van der Waals surface area contributed by atoms with E-state index in [1.54, 1.807) is 12.1 Å². The second-order valence-electron chi connectivity index (χ2n) is 3.58. The Kier molecular flexibility index (Phi) is 1.62. The van der Waals surface area contributed by atoms with Gasteiger partial charge >= 0.3 is 0 Å². The van der Waals surface area contributed by atoms with Gasteiger partial charge in [0.2, 0.25) is 0 Å². The van der Waals surface area contributed by atoms with Crippen LogP contribution in [0, 0.1) is 0 Å². The van der Waals surface area contributed by atoms with Gasteiger partial charge in [-0.3, -0.25) is 4.79 Å². The first-order valence-corrected chi connectivity index (χ1v) is 4.85. The predicted molar refractivity (Wildman–Crippen MR) is 61.2 cm³/mol. The molecule has 0 bridgehead atoms. The second kappa shape index (κ2) is 2.95. The van der Waals surface area contributed by atoms with E-state index in [1.165, 1.54) is 0 Å². The summed E-state index contributed by atoms with van der Waals surface area (Å²) < 4.78 is 0. The van der Waals surface area contributed by atoms with Gasteiger partial charge in [-0.25, -0.2) is 0 Å². The summed E-state index contributed by atoms with van der Waals surface area (Å²) >= 11 is 0. The summed E-state index contributed by atoms with van der Waals surface area (Å²) in [7, 11) is 0. The SMILES string of the molecule is O=c1ccc2c3cc[nH]c3cccc-2c1. The van der Waals surface area contributed by atoms with Crippen LogP contribution in [0.15, 0.2) is 53.5 Å². The topological polar surface area (TPSA) is 32.9 Å². The van der Waals surface area contributed by atoms with Crippen LogP contribution in [-0.2, 0) is 0 Å². The maximum absolute atomic E-state index is 11.3. The highest BCUT2D eigenvalue weighted by Crippen LogP contribution is 2.26. The number of H-pyrrole nitrogens is 1. The lowest BCUT2D eigenvalue weighted by Crippen LogP contribution is -1.96. The summed E-state index contributed by atoms with van der Waals surface area (Å²) in [5.41, 5.74) is 3.23. The van der Waals surface area contributed by atoms with Crippen molar-refractivity contribution in [2.45, 2.75) is 0 Å². The fourth-order valence-corrected chi connectivity index (χ4v) is 1.93. The van der Waals surface area contributed by atoms with Crippen LogP contribution >= 0.6 is 0 Å². The van der Waals surface area contributed by atoms with Gasteiger partial charge in [-0.15, -0.1) is 0 Å². The van der Waals surface area contributed by atoms with Gasteiger partial charge in [0, 0.05) is 17.1 Å². The summed E-state index contributed by atoms with van der Waals surface area (Å²) in [6.07, 6.45) is 1.91. The lowest BCUT2D eigenvalue weighted by molar-refractivity contribution is 1.48. The Bertz CT molecular complexity index is 654. The third-order valence-electron chi connectivity index (χ3n) is 2.63. The fourth-order valence-electron chi connectivity index (χ4n) is 1.93. The molecule has 0 aliphatic heterocycles. The Labute approximate surface area is 86.5 Å². The van der Waals surface area contributed by atoms with Crippen molar-refractivity contribution >= 4 is 10.9 Å². The zero-order valence-corrected chi connectivity index (χ0v) is 8.03. The molecular formula is C13H9NO. The lowest BCUT2D eigenvalue weighted by Gasteiger charge is -1.99. The van der Waals surface area contributed by atoms with E-state index in [4.69, 9.17) is 0 Å². The maximum atomic E-state index is 11.3. The van der Waals surface area contributed by atoms with Gasteiger partial charge in [0.15, 0.2) is 5.43 Å². The normalized spacial score (nSPS) is 10.9. The maximum Gasteiger partial charge on any atom is 0.179 e. The number of nitrogens with one attached hydrogen (secondary N) is 1. The van der Waals surface area contributed by atoms with Crippen LogP contribution in [0.25, 0.3) is 22.0 Å². The smallest absolute Gasteiger partial charge is 0.179 e. The van der Waals surface area contributed by atoms with Gasteiger partial charge in [-0.1, -0.05) is 12.1 Å². The minimum atomic E-state index is 0.0531. The molecule has 2 nitrogen and oxygen atoms in total. The molecule has 0 unspecified atom stereocenters. The number of fused-ring (bicyclic) bond motifs is 3. The molecule has 0 saturated heterocycles. The first-order chi connectivity index (χ1) is 7.34. The number of hydrogen-bond acceptors (Lipinski definition) is 1. The van der Waals surface area contributed by atoms with Crippen molar-refractivity contribution in [1.29, 1.82) is 0 Å². The van der Waals surface area contributed by atoms with E-state index in [0.717, 1.165) is 22.0 Å². The van der Waals surface area contributed by atoms with Crippen molar-refractivity contribution in [3.63, 3.8) is 0 Å². The minimum absolute atomic E-state index is 0.0531. The third kappa shape index (κ3) is 1.22. The molecule has 0 fully saturated rings. The summed E-state index contributed by atoms with van der Waals surface area (Å²) in [6, 6.07) is 13.1. The molecule has 0 aromatic carbocycles. The highest BCUT2D eigenvalue weighted by Gasteiger charge is 2.04. The molecule has 1 aromatic rings. The molecule has 0 spiro atoms. The Morgan fingerprint density at radius 1 is 1.00 bits per heavy atom. The number of aromatic nitrogens is 1. The number of hydrogen-bond donors (Lipinski definition) is 1. The molecular weight excluding hydrogens is 186 g/mol. The zero-order chi connectivity index (χ0) is 10.3. The van der Waals surface area contributed by atoms with Crippen LogP contribution in [0.3, 0.4) is 0 Å². The molecule has 2 heteroatoms. The summed E-state index contributed by atoms with van der Waals surface area (Å²) in [6.45, 7) is 0. The summed E-state index contributed by atoms with van der Waals surface area (Å²) in [4.78, 5) is 14.4. The molecule has 2 aliphatic rings. The van der Waals surface area contributed by atoms with Crippen molar-refractivity contribution in [2.75, 3.05) is 0 Å². The Morgan fingerprint density at radius 3 is 2.87 bits per heavy atom. The van der Waals surface area contributed by atoms with Gasteiger partial charge in [0.25, 0.3) is 0 Å². The molecule has 1 heterocycles. The van der Waals surface area contributed by atoms with Crippen molar-refractivity contribution in [3.05, 3.63) is 58.9 Å². The minimum Gasteiger partial charge on any atom is -0.361 e. The first kappa shape index (κ1) is 8.24. The molecule has 2 aliphatic carbocycles. The van der Waals surface area contributed by atoms with Crippen LogP contribution in [0.1, 0.15) is 0 Å². The Balaban J connectivity index is 2.57. The second-order valence-corrected chi connectivity index (χ2v) is 3.58. The van der Waals surface area contributed by atoms with Crippen LogP contribution in [-0.4, -0.2) is 4.98 Å². The first-order valence-electron chi connectivity index (χ1n) is 4.85. The average molecular weight is 195 g/mol. The van der Waals surface area contributed by atoms with E-state index < -0.39 is 0 Å². The van der Waals surface area contributed by atoms with E-state index in [1.807, 2.05) is 36.5 Å². The molecule has 0 saturated carbocycles. The van der Waals surface area contributed by atoms with Crippen LogP contribution < -0.4 is 5.43 Å². The summed E-state index contributed by atoms with van der Waals surface area (Å²) in [5.74, 6) is 0. The van der Waals surface area contributed by atoms with E-state index >= 15 is 0 Å². The standard InChI is InChI=1S/C13H9NO/c15-10-4-5-11-9(8-10)2-1-3-13-12(11)6-7-14-13/h1-8,14H. The largest absolute Gasteiger partial charge is 0.361 e. The van der Waals surface area contributed by atoms with Gasteiger partial charge in [-0.2, -0.15) is 0 Å². The summed E-state index contributed by atoms with van der Waals surface area (Å²) in [5, 5.41) is 1.15.